The van der Waals surface area contributed by atoms with E-state index >= 15 is 0 Å². The number of ether oxygens (including phenoxy) is 1. The lowest BCUT2D eigenvalue weighted by Crippen LogP contribution is -2.54. The number of nitrogens with one attached hydrogen (secondary N) is 2. The molecule has 0 amide bonds. The van der Waals surface area contributed by atoms with Crippen molar-refractivity contribution in [3.05, 3.63) is 29.3 Å². The summed E-state index contributed by atoms with van der Waals surface area (Å²) in [5.41, 5.74) is 5.88. The molecule has 8 heteroatoms. The maximum atomic E-state index is 11.4. The van der Waals surface area contributed by atoms with Crippen molar-refractivity contribution in [3.63, 3.8) is 0 Å². The molecule has 1 heterocycles. The first kappa shape index (κ1) is 17.7. The minimum Gasteiger partial charge on any atom is -0.486 e. The van der Waals surface area contributed by atoms with Gasteiger partial charge in [0.2, 0.25) is 5.60 Å². The monoisotopic (exact) mass is 348 g/mol. The Morgan fingerprint density at radius 3 is 2.80 bits per heavy atom. The highest BCUT2D eigenvalue weighted by Crippen LogP contribution is 2.33. The molecule has 25 heavy (non-hydrogen) atoms. The fourth-order valence-corrected chi connectivity index (χ4v) is 3.26. The molecule has 1 fully saturated rings. The zero-order valence-corrected chi connectivity index (χ0v) is 14.1. The molecular formula is C17H24N4O4. The van der Waals surface area contributed by atoms with E-state index in [9.17, 15) is 9.90 Å². The van der Waals surface area contributed by atoms with Crippen LogP contribution in [0, 0.1) is 5.41 Å². The molecular weight excluding hydrogens is 324 g/mol. The van der Waals surface area contributed by atoms with E-state index in [1.165, 1.54) is 6.92 Å². The number of carboxylic acid groups (broad SMARTS) is 1. The van der Waals surface area contributed by atoms with E-state index in [0.29, 0.717) is 24.4 Å². The molecule has 0 radical (unpaired) electrons. The molecule has 0 aromatic heterocycles. The third-order valence-corrected chi connectivity index (χ3v) is 5.10. The number of amidine groups is 1. The van der Waals surface area contributed by atoms with Gasteiger partial charge < -0.3 is 20.9 Å². The molecule has 1 saturated carbocycles. The van der Waals surface area contributed by atoms with Crippen LogP contribution >= 0.6 is 0 Å². The van der Waals surface area contributed by atoms with Crippen LogP contribution in [0.25, 0.3) is 0 Å². The van der Waals surface area contributed by atoms with E-state index in [2.05, 4.69) is 5.32 Å². The highest BCUT2D eigenvalue weighted by Gasteiger charge is 2.46. The van der Waals surface area contributed by atoms with Crippen LogP contribution in [0.4, 0.5) is 0 Å². The summed E-state index contributed by atoms with van der Waals surface area (Å²) in [5, 5.41) is 20.7. The lowest BCUT2D eigenvalue weighted by atomic mass is 9.87. The van der Waals surface area contributed by atoms with Gasteiger partial charge in [0.05, 0.1) is 0 Å². The van der Waals surface area contributed by atoms with Gasteiger partial charge >= 0.3 is 5.97 Å². The minimum absolute atomic E-state index is 0.229. The van der Waals surface area contributed by atoms with Gasteiger partial charge in [-0.2, -0.15) is 0 Å². The van der Waals surface area contributed by atoms with E-state index in [-0.39, 0.29) is 12.1 Å². The Labute approximate surface area is 145 Å². The fraction of sp³-hybridized carbons (Fsp3) is 0.529. The molecule has 1 aliphatic carbocycles. The van der Waals surface area contributed by atoms with Crippen LogP contribution in [-0.4, -0.2) is 40.7 Å². The highest BCUT2D eigenvalue weighted by molar-refractivity contribution is 5.97. The van der Waals surface area contributed by atoms with E-state index < -0.39 is 17.7 Å². The summed E-state index contributed by atoms with van der Waals surface area (Å²) in [6, 6.07) is 5.94. The number of rotatable bonds is 5. The number of carboxylic acids is 1. The van der Waals surface area contributed by atoms with Crippen molar-refractivity contribution in [1.29, 1.82) is 5.41 Å². The number of hydrogen-bond acceptors (Lipinski definition) is 6. The third kappa shape index (κ3) is 3.33. The molecule has 136 valence electrons. The maximum absolute atomic E-state index is 11.4. The number of aryl methyl sites for hydroxylation is 1. The smallest absolute Gasteiger partial charge is 0.341 e. The summed E-state index contributed by atoms with van der Waals surface area (Å²) in [6.07, 6.45) is 2.18. The molecule has 0 spiro atoms. The second kappa shape index (κ2) is 6.62. The summed E-state index contributed by atoms with van der Waals surface area (Å²) in [7, 11) is 0. The number of hydrogen-bond donors (Lipinski definition) is 5. The van der Waals surface area contributed by atoms with Crippen molar-refractivity contribution in [2.45, 2.75) is 56.4 Å². The van der Waals surface area contributed by atoms with Gasteiger partial charge in [0.1, 0.15) is 17.7 Å². The first-order valence-corrected chi connectivity index (χ1v) is 8.35. The molecule has 0 saturated heterocycles. The number of benzene rings is 1. The summed E-state index contributed by atoms with van der Waals surface area (Å²) < 4.78 is 5.82. The molecule has 1 aromatic carbocycles. The lowest BCUT2D eigenvalue weighted by Gasteiger charge is -2.36. The first-order chi connectivity index (χ1) is 11.8. The number of carbonyl (C=O) groups is 1. The SMILES string of the molecule is C[C@@](ON)(C(=O)O)[C@H]1CCc2cc(C(=N)N[C@H]3C[C@@H](N)C3)ccc2O1. The standard InChI is InChI=1S/C17H24N4O4/c1-17(25-20,16(22)23)14-5-3-9-6-10(2-4-13(9)24-14)15(19)21-12-7-11(18)8-12/h2,4,6,11-12,14H,3,5,7-8,18,20H2,1H3,(H2,19,21)(H,22,23)/t11-,12+,14-,17+/m1/s1. The Bertz CT molecular complexity index is 689. The van der Waals surface area contributed by atoms with E-state index in [1.54, 1.807) is 12.1 Å². The topological polar surface area (TPSA) is 144 Å². The Morgan fingerprint density at radius 2 is 2.20 bits per heavy atom. The molecule has 2 atom stereocenters. The molecule has 7 N–H and O–H groups in total. The lowest BCUT2D eigenvalue weighted by molar-refractivity contribution is -0.179. The summed E-state index contributed by atoms with van der Waals surface area (Å²) >= 11 is 0. The zero-order valence-electron chi connectivity index (χ0n) is 14.1. The van der Waals surface area contributed by atoms with Crippen LogP contribution in [0.15, 0.2) is 18.2 Å². The van der Waals surface area contributed by atoms with Crippen LogP contribution < -0.4 is 21.7 Å². The summed E-state index contributed by atoms with van der Waals surface area (Å²) in [6.45, 7) is 1.41. The van der Waals surface area contributed by atoms with Crippen LogP contribution in [0.1, 0.15) is 37.3 Å². The first-order valence-electron chi connectivity index (χ1n) is 8.35. The zero-order chi connectivity index (χ0) is 18.2. The molecule has 2 aliphatic rings. The molecule has 1 aromatic rings. The van der Waals surface area contributed by atoms with Gasteiger partial charge in [0, 0.05) is 17.6 Å². The van der Waals surface area contributed by atoms with Gasteiger partial charge in [-0.05, 0) is 56.4 Å². The van der Waals surface area contributed by atoms with Crippen molar-refractivity contribution >= 4 is 11.8 Å². The quantitative estimate of drug-likeness (QED) is 0.296. The van der Waals surface area contributed by atoms with E-state index in [4.69, 9.17) is 26.6 Å². The van der Waals surface area contributed by atoms with Crippen LogP contribution in [-0.2, 0) is 16.1 Å². The summed E-state index contributed by atoms with van der Waals surface area (Å²) in [5.74, 6) is 4.99. The summed E-state index contributed by atoms with van der Waals surface area (Å²) in [4.78, 5) is 16.1. The molecule has 0 bridgehead atoms. The Balaban J connectivity index is 1.71. The van der Waals surface area contributed by atoms with Gasteiger partial charge in [-0.15, -0.1) is 0 Å². The van der Waals surface area contributed by atoms with Crippen LogP contribution in [0.5, 0.6) is 5.75 Å². The average Bonchev–Trinajstić information content (AvgIpc) is 2.58. The Hall–Kier alpha value is -2.16. The predicted molar refractivity (Wildman–Crippen MR) is 91.5 cm³/mol. The van der Waals surface area contributed by atoms with Gasteiger partial charge in [0.25, 0.3) is 0 Å². The van der Waals surface area contributed by atoms with Gasteiger partial charge in [-0.25, -0.2) is 10.7 Å². The molecule has 0 unspecified atom stereocenters. The van der Waals surface area contributed by atoms with Crippen molar-refractivity contribution in [2.24, 2.45) is 11.6 Å². The fourth-order valence-electron chi connectivity index (χ4n) is 3.26. The number of aliphatic carboxylic acids is 1. The van der Waals surface area contributed by atoms with Gasteiger partial charge in [0.15, 0.2) is 0 Å². The Kier molecular flexibility index (Phi) is 4.68. The van der Waals surface area contributed by atoms with Crippen LogP contribution in [0.3, 0.4) is 0 Å². The third-order valence-electron chi connectivity index (χ3n) is 5.10. The van der Waals surface area contributed by atoms with Crippen molar-refractivity contribution in [1.82, 2.24) is 5.32 Å². The van der Waals surface area contributed by atoms with Crippen LogP contribution in [0.2, 0.25) is 0 Å². The van der Waals surface area contributed by atoms with Crippen molar-refractivity contribution in [3.8, 4) is 5.75 Å². The second-order valence-electron chi connectivity index (χ2n) is 6.95. The van der Waals surface area contributed by atoms with Gasteiger partial charge in [-0.1, -0.05) is 0 Å². The second-order valence-corrected chi connectivity index (χ2v) is 6.95. The highest BCUT2D eigenvalue weighted by atomic mass is 16.7. The normalized spacial score (nSPS) is 27.2. The predicted octanol–water partition coefficient (Wildman–Crippen LogP) is 0.518. The van der Waals surface area contributed by atoms with Gasteiger partial charge in [-0.3, -0.25) is 10.2 Å². The van der Waals surface area contributed by atoms with E-state index in [1.807, 2.05) is 6.07 Å². The van der Waals surface area contributed by atoms with Crippen molar-refractivity contribution in [2.75, 3.05) is 0 Å². The molecule has 3 rings (SSSR count). The number of fused-ring (bicyclic) bond motifs is 1. The molecule has 1 aliphatic heterocycles. The largest absolute Gasteiger partial charge is 0.486 e. The van der Waals surface area contributed by atoms with Crippen molar-refractivity contribution < 1.29 is 19.5 Å². The van der Waals surface area contributed by atoms with E-state index in [0.717, 1.165) is 24.0 Å². The number of nitrogens with two attached hydrogens (primary N) is 2. The minimum atomic E-state index is -1.60. The molecule has 8 nitrogen and oxygen atoms in total. The maximum Gasteiger partial charge on any atom is 0.341 e. The average molecular weight is 348 g/mol. The Morgan fingerprint density at radius 1 is 1.48 bits per heavy atom.